The first kappa shape index (κ1) is 14.5. The first-order valence-corrected chi connectivity index (χ1v) is 6.42. The first-order chi connectivity index (χ1) is 8.43. The van der Waals surface area contributed by atoms with Crippen molar-refractivity contribution in [3.8, 4) is 6.07 Å². The van der Waals surface area contributed by atoms with Gasteiger partial charge in [0.15, 0.2) is 0 Å². The van der Waals surface area contributed by atoms with E-state index in [2.05, 4.69) is 21.2 Å². The normalized spacial score (nSPS) is 11.9. The number of halogens is 1. The van der Waals surface area contributed by atoms with Gasteiger partial charge in [-0.05, 0) is 46.5 Å². The number of hydrogen-bond acceptors (Lipinski definition) is 3. The van der Waals surface area contributed by atoms with Gasteiger partial charge in [0, 0.05) is 10.2 Å². The number of anilines is 1. The van der Waals surface area contributed by atoms with Crippen molar-refractivity contribution in [2.24, 2.45) is 5.92 Å². The summed E-state index contributed by atoms with van der Waals surface area (Å²) in [5, 5.41) is 20.9. The Morgan fingerprint density at radius 1 is 1.56 bits per heavy atom. The van der Waals surface area contributed by atoms with Crippen LogP contribution in [0.5, 0.6) is 0 Å². The van der Waals surface area contributed by atoms with Gasteiger partial charge in [-0.1, -0.05) is 13.8 Å². The number of nitrogens with zero attached hydrogens (tertiary/aromatic N) is 1. The van der Waals surface area contributed by atoms with E-state index >= 15 is 0 Å². The fraction of sp³-hybridized carbons (Fsp3) is 0.385. The van der Waals surface area contributed by atoms with Crippen LogP contribution in [0.15, 0.2) is 22.7 Å². The molecule has 1 rings (SSSR count). The Hall–Kier alpha value is -1.54. The van der Waals surface area contributed by atoms with E-state index in [9.17, 15) is 4.79 Å². The topological polar surface area (TPSA) is 73.1 Å². The molecule has 1 atom stereocenters. The Bertz CT molecular complexity index is 480. The van der Waals surface area contributed by atoms with Crippen molar-refractivity contribution in [1.29, 1.82) is 5.26 Å². The second kappa shape index (κ2) is 6.41. The van der Waals surface area contributed by atoms with Gasteiger partial charge < -0.3 is 10.4 Å². The third-order valence-electron chi connectivity index (χ3n) is 2.43. The average molecular weight is 311 g/mol. The van der Waals surface area contributed by atoms with Crippen molar-refractivity contribution in [3.05, 3.63) is 28.2 Å². The number of carboxylic acid groups (broad SMARTS) is 1. The molecule has 1 aromatic carbocycles. The predicted molar refractivity (Wildman–Crippen MR) is 73.4 cm³/mol. The molecule has 0 aromatic heterocycles. The van der Waals surface area contributed by atoms with Gasteiger partial charge in [-0.15, -0.1) is 0 Å². The molecular formula is C13H15BrN2O2. The van der Waals surface area contributed by atoms with Gasteiger partial charge in [0.1, 0.15) is 6.04 Å². The molecule has 0 aliphatic heterocycles. The van der Waals surface area contributed by atoms with Crippen LogP contribution in [0.3, 0.4) is 0 Å². The summed E-state index contributed by atoms with van der Waals surface area (Å²) in [6, 6.07) is 6.42. The zero-order valence-corrected chi connectivity index (χ0v) is 11.9. The lowest BCUT2D eigenvalue weighted by atomic mass is 10.0. The van der Waals surface area contributed by atoms with Crippen molar-refractivity contribution < 1.29 is 9.90 Å². The van der Waals surface area contributed by atoms with Crippen molar-refractivity contribution >= 4 is 27.6 Å². The highest BCUT2D eigenvalue weighted by atomic mass is 79.9. The molecule has 0 spiro atoms. The van der Waals surface area contributed by atoms with E-state index < -0.39 is 12.0 Å². The van der Waals surface area contributed by atoms with E-state index in [0.29, 0.717) is 22.1 Å². The Balaban J connectivity index is 2.88. The Morgan fingerprint density at radius 2 is 2.22 bits per heavy atom. The largest absolute Gasteiger partial charge is 0.480 e. The molecule has 4 nitrogen and oxygen atoms in total. The second-order valence-electron chi connectivity index (χ2n) is 4.47. The van der Waals surface area contributed by atoms with Gasteiger partial charge >= 0.3 is 5.97 Å². The standard InChI is InChI=1S/C13H15BrN2O2/c1-8(2)5-12(13(17)18)16-11-4-3-9(7-15)6-10(11)14/h3-4,6,8,12,16H,5H2,1-2H3,(H,17,18)/t12-/m1/s1. The number of aliphatic carboxylic acids is 1. The van der Waals surface area contributed by atoms with E-state index in [0.717, 1.165) is 0 Å². The van der Waals surface area contributed by atoms with E-state index in [-0.39, 0.29) is 5.92 Å². The Morgan fingerprint density at radius 3 is 2.67 bits per heavy atom. The van der Waals surface area contributed by atoms with Crippen LogP contribution < -0.4 is 5.32 Å². The number of hydrogen-bond donors (Lipinski definition) is 2. The molecule has 0 aliphatic carbocycles. The molecule has 0 fully saturated rings. The van der Waals surface area contributed by atoms with Crippen molar-refractivity contribution in [1.82, 2.24) is 0 Å². The molecule has 18 heavy (non-hydrogen) atoms. The summed E-state index contributed by atoms with van der Waals surface area (Å²) in [4.78, 5) is 11.1. The predicted octanol–water partition coefficient (Wildman–Crippen LogP) is 3.23. The molecule has 0 saturated heterocycles. The molecule has 0 saturated carbocycles. The number of carbonyl (C=O) groups is 1. The van der Waals surface area contributed by atoms with Gasteiger partial charge in [0.25, 0.3) is 0 Å². The third-order valence-corrected chi connectivity index (χ3v) is 3.09. The highest BCUT2D eigenvalue weighted by molar-refractivity contribution is 9.10. The molecular weight excluding hydrogens is 296 g/mol. The first-order valence-electron chi connectivity index (χ1n) is 5.63. The lowest BCUT2D eigenvalue weighted by molar-refractivity contribution is -0.138. The average Bonchev–Trinajstić information content (AvgIpc) is 2.29. The molecule has 5 heteroatoms. The van der Waals surface area contributed by atoms with Crippen LogP contribution in [0.4, 0.5) is 5.69 Å². The van der Waals surface area contributed by atoms with Crippen LogP contribution >= 0.6 is 15.9 Å². The van der Waals surface area contributed by atoms with Crippen LogP contribution in [0.2, 0.25) is 0 Å². The maximum atomic E-state index is 11.1. The second-order valence-corrected chi connectivity index (χ2v) is 5.33. The lowest BCUT2D eigenvalue weighted by Crippen LogP contribution is -2.30. The molecule has 0 heterocycles. The van der Waals surface area contributed by atoms with Crippen LogP contribution in [-0.4, -0.2) is 17.1 Å². The highest BCUT2D eigenvalue weighted by Gasteiger charge is 2.19. The van der Waals surface area contributed by atoms with Crippen molar-refractivity contribution in [3.63, 3.8) is 0 Å². The number of carboxylic acids is 1. The summed E-state index contributed by atoms with van der Waals surface area (Å²) in [5.74, 6) is -0.587. The summed E-state index contributed by atoms with van der Waals surface area (Å²) in [7, 11) is 0. The molecule has 96 valence electrons. The van der Waals surface area contributed by atoms with E-state index in [1.165, 1.54) is 0 Å². The zero-order chi connectivity index (χ0) is 13.7. The Kier molecular flexibility index (Phi) is 5.17. The summed E-state index contributed by atoms with van der Waals surface area (Å²) >= 11 is 3.33. The van der Waals surface area contributed by atoms with E-state index in [1.807, 2.05) is 19.9 Å². The van der Waals surface area contributed by atoms with Crippen LogP contribution in [0, 0.1) is 17.2 Å². The molecule has 0 unspecified atom stereocenters. The smallest absolute Gasteiger partial charge is 0.326 e. The van der Waals surface area contributed by atoms with Crippen molar-refractivity contribution in [2.75, 3.05) is 5.32 Å². The Labute approximate surface area is 115 Å². The maximum absolute atomic E-state index is 11.1. The van der Waals surface area contributed by atoms with Gasteiger partial charge in [0.05, 0.1) is 11.6 Å². The number of nitriles is 1. The van der Waals surface area contributed by atoms with E-state index in [4.69, 9.17) is 10.4 Å². The molecule has 1 aromatic rings. The quantitative estimate of drug-likeness (QED) is 0.875. The van der Waals surface area contributed by atoms with E-state index in [1.54, 1.807) is 18.2 Å². The fourth-order valence-corrected chi connectivity index (χ4v) is 2.08. The lowest BCUT2D eigenvalue weighted by Gasteiger charge is -2.18. The van der Waals surface area contributed by atoms with Crippen LogP contribution in [0.1, 0.15) is 25.8 Å². The van der Waals surface area contributed by atoms with Gasteiger partial charge in [0.2, 0.25) is 0 Å². The number of rotatable bonds is 5. The SMILES string of the molecule is CC(C)C[C@@H](Nc1ccc(C#N)cc1Br)C(=O)O. The molecule has 0 amide bonds. The molecule has 2 N–H and O–H groups in total. The van der Waals surface area contributed by atoms with Gasteiger partial charge in [-0.3, -0.25) is 0 Å². The van der Waals surface area contributed by atoms with Crippen molar-refractivity contribution in [2.45, 2.75) is 26.3 Å². The third kappa shape index (κ3) is 4.04. The maximum Gasteiger partial charge on any atom is 0.326 e. The minimum absolute atomic E-state index is 0.288. The summed E-state index contributed by atoms with van der Waals surface area (Å²) in [6.45, 7) is 3.96. The zero-order valence-electron chi connectivity index (χ0n) is 10.3. The molecule has 0 aliphatic rings. The number of nitrogens with one attached hydrogen (secondary N) is 1. The fourth-order valence-electron chi connectivity index (χ4n) is 1.58. The number of benzene rings is 1. The highest BCUT2D eigenvalue weighted by Crippen LogP contribution is 2.25. The van der Waals surface area contributed by atoms with Crippen LogP contribution in [0.25, 0.3) is 0 Å². The summed E-state index contributed by atoms with van der Waals surface area (Å²) in [5.41, 5.74) is 1.21. The molecule has 0 bridgehead atoms. The van der Waals surface area contributed by atoms with Gasteiger partial charge in [-0.25, -0.2) is 4.79 Å². The minimum atomic E-state index is -0.875. The summed E-state index contributed by atoms with van der Waals surface area (Å²) < 4.78 is 0.691. The minimum Gasteiger partial charge on any atom is -0.480 e. The van der Waals surface area contributed by atoms with Crippen LogP contribution in [-0.2, 0) is 4.79 Å². The summed E-state index contributed by atoms with van der Waals surface area (Å²) in [6.07, 6.45) is 0.543. The molecule has 0 radical (unpaired) electrons. The monoisotopic (exact) mass is 310 g/mol. The van der Waals surface area contributed by atoms with Gasteiger partial charge in [-0.2, -0.15) is 5.26 Å².